The molecule has 0 saturated heterocycles. The summed E-state index contributed by atoms with van der Waals surface area (Å²) in [5.74, 6) is 0. The number of hydrogen-bond acceptors (Lipinski definition) is 2. The third-order valence-electron chi connectivity index (χ3n) is 2.94. The number of nitrogens with zero attached hydrogens (tertiary/aromatic N) is 2. The first-order valence-electron chi connectivity index (χ1n) is 5.08. The molecular formula is C11H14N2O. The Morgan fingerprint density at radius 2 is 2.21 bits per heavy atom. The third kappa shape index (κ3) is 1.53. The van der Waals surface area contributed by atoms with Gasteiger partial charge in [0.25, 0.3) is 0 Å². The van der Waals surface area contributed by atoms with Crippen LogP contribution in [0.3, 0.4) is 0 Å². The van der Waals surface area contributed by atoms with E-state index in [9.17, 15) is 5.11 Å². The van der Waals surface area contributed by atoms with Gasteiger partial charge >= 0.3 is 0 Å². The van der Waals surface area contributed by atoms with Gasteiger partial charge in [0.1, 0.15) is 11.8 Å². The van der Waals surface area contributed by atoms with Gasteiger partial charge in [0.15, 0.2) is 0 Å². The van der Waals surface area contributed by atoms with Crippen LogP contribution in [0.1, 0.15) is 37.4 Å². The van der Waals surface area contributed by atoms with Crippen molar-refractivity contribution in [3.05, 3.63) is 24.0 Å². The standard InChI is InChI=1S/C11H14N2O/c12-8-9-4-3-7-13(9)10-5-1-2-6-11(10)14/h3-4,7,10-11,14H,1-2,5-6H2. The zero-order valence-electron chi connectivity index (χ0n) is 8.06. The molecule has 1 aromatic rings. The topological polar surface area (TPSA) is 49.0 Å². The molecule has 1 saturated carbocycles. The molecule has 0 spiro atoms. The molecule has 1 heterocycles. The molecule has 0 aromatic carbocycles. The average molecular weight is 190 g/mol. The molecule has 2 unspecified atom stereocenters. The molecule has 2 rings (SSSR count). The minimum absolute atomic E-state index is 0.105. The summed E-state index contributed by atoms with van der Waals surface area (Å²) < 4.78 is 1.91. The minimum atomic E-state index is -0.289. The van der Waals surface area contributed by atoms with Crippen LogP contribution in [0.4, 0.5) is 0 Å². The molecule has 0 aliphatic heterocycles. The Morgan fingerprint density at radius 1 is 1.43 bits per heavy atom. The molecule has 2 atom stereocenters. The summed E-state index contributed by atoms with van der Waals surface area (Å²) in [5.41, 5.74) is 0.649. The van der Waals surface area contributed by atoms with Crippen LogP contribution in [-0.2, 0) is 0 Å². The van der Waals surface area contributed by atoms with Crippen LogP contribution in [0.15, 0.2) is 18.3 Å². The molecule has 3 heteroatoms. The average Bonchev–Trinajstić information content (AvgIpc) is 2.66. The predicted molar refractivity (Wildman–Crippen MR) is 52.7 cm³/mol. The van der Waals surface area contributed by atoms with Crippen LogP contribution >= 0.6 is 0 Å². The van der Waals surface area contributed by atoms with E-state index >= 15 is 0 Å². The van der Waals surface area contributed by atoms with E-state index in [-0.39, 0.29) is 12.1 Å². The van der Waals surface area contributed by atoms with Crippen molar-refractivity contribution in [3.8, 4) is 6.07 Å². The first-order chi connectivity index (χ1) is 6.83. The Bertz CT molecular complexity index is 350. The predicted octanol–water partition coefficient (Wildman–Crippen LogP) is 1.84. The fourth-order valence-corrected chi connectivity index (χ4v) is 2.19. The van der Waals surface area contributed by atoms with E-state index in [1.165, 1.54) is 0 Å². The van der Waals surface area contributed by atoms with Crippen molar-refractivity contribution in [3.63, 3.8) is 0 Å². The molecule has 1 aliphatic carbocycles. The fraction of sp³-hybridized carbons (Fsp3) is 0.545. The Labute approximate surface area is 83.6 Å². The highest BCUT2D eigenvalue weighted by molar-refractivity contribution is 5.23. The Kier molecular flexibility index (Phi) is 2.55. The Morgan fingerprint density at radius 3 is 2.93 bits per heavy atom. The van der Waals surface area contributed by atoms with Crippen molar-refractivity contribution in [2.45, 2.75) is 37.8 Å². The fourth-order valence-electron chi connectivity index (χ4n) is 2.19. The summed E-state index contributed by atoms with van der Waals surface area (Å²) in [5, 5.41) is 18.7. The highest BCUT2D eigenvalue weighted by Crippen LogP contribution is 2.29. The molecular weight excluding hydrogens is 176 g/mol. The van der Waals surface area contributed by atoms with Gasteiger partial charge in [-0.2, -0.15) is 5.26 Å². The molecule has 1 fully saturated rings. The van der Waals surface area contributed by atoms with Crippen molar-refractivity contribution in [2.24, 2.45) is 0 Å². The van der Waals surface area contributed by atoms with Crippen LogP contribution in [0, 0.1) is 11.3 Å². The van der Waals surface area contributed by atoms with E-state index in [1.807, 2.05) is 16.8 Å². The van der Waals surface area contributed by atoms with Gasteiger partial charge in [0.05, 0.1) is 12.1 Å². The lowest BCUT2D eigenvalue weighted by molar-refractivity contribution is 0.0753. The lowest BCUT2D eigenvalue weighted by Gasteiger charge is -2.29. The molecule has 1 aromatic heterocycles. The quantitative estimate of drug-likeness (QED) is 0.734. The summed E-state index contributed by atoms with van der Waals surface area (Å²) in [6, 6.07) is 5.90. The Balaban J connectivity index is 2.25. The van der Waals surface area contributed by atoms with E-state index in [2.05, 4.69) is 6.07 Å². The van der Waals surface area contributed by atoms with Crippen molar-refractivity contribution in [1.82, 2.24) is 4.57 Å². The SMILES string of the molecule is N#Cc1cccn1C1CCCCC1O. The van der Waals surface area contributed by atoms with Crippen LogP contribution in [-0.4, -0.2) is 15.8 Å². The van der Waals surface area contributed by atoms with E-state index in [0.717, 1.165) is 25.7 Å². The molecule has 14 heavy (non-hydrogen) atoms. The summed E-state index contributed by atoms with van der Waals surface area (Å²) in [7, 11) is 0. The number of nitriles is 1. The normalized spacial score (nSPS) is 27.1. The molecule has 74 valence electrons. The summed E-state index contributed by atoms with van der Waals surface area (Å²) in [6.07, 6.45) is 5.67. The third-order valence-corrected chi connectivity index (χ3v) is 2.94. The van der Waals surface area contributed by atoms with Crippen molar-refractivity contribution < 1.29 is 5.11 Å². The monoisotopic (exact) mass is 190 g/mol. The maximum atomic E-state index is 9.83. The van der Waals surface area contributed by atoms with Gasteiger partial charge in [0.2, 0.25) is 0 Å². The van der Waals surface area contributed by atoms with E-state index < -0.39 is 0 Å². The highest BCUT2D eigenvalue weighted by Gasteiger charge is 2.25. The molecule has 1 aliphatic rings. The summed E-state index contributed by atoms with van der Waals surface area (Å²) in [4.78, 5) is 0. The van der Waals surface area contributed by atoms with Crippen LogP contribution in [0.2, 0.25) is 0 Å². The first kappa shape index (κ1) is 9.29. The van der Waals surface area contributed by atoms with Crippen molar-refractivity contribution in [2.75, 3.05) is 0 Å². The van der Waals surface area contributed by atoms with Gasteiger partial charge in [-0.1, -0.05) is 12.8 Å². The van der Waals surface area contributed by atoms with Gasteiger partial charge in [-0.25, -0.2) is 0 Å². The maximum Gasteiger partial charge on any atom is 0.120 e. The maximum absolute atomic E-state index is 9.83. The smallest absolute Gasteiger partial charge is 0.120 e. The van der Waals surface area contributed by atoms with Gasteiger partial charge < -0.3 is 9.67 Å². The first-order valence-corrected chi connectivity index (χ1v) is 5.08. The lowest BCUT2D eigenvalue weighted by atomic mass is 9.92. The summed E-state index contributed by atoms with van der Waals surface area (Å²) >= 11 is 0. The van der Waals surface area contributed by atoms with Crippen LogP contribution < -0.4 is 0 Å². The lowest BCUT2D eigenvalue weighted by Crippen LogP contribution is -2.27. The minimum Gasteiger partial charge on any atom is -0.391 e. The largest absolute Gasteiger partial charge is 0.391 e. The number of rotatable bonds is 1. The van der Waals surface area contributed by atoms with E-state index in [0.29, 0.717) is 5.69 Å². The van der Waals surface area contributed by atoms with Crippen molar-refractivity contribution in [1.29, 1.82) is 5.26 Å². The van der Waals surface area contributed by atoms with Crippen molar-refractivity contribution >= 4 is 0 Å². The van der Waals surface area contributed by atoms with Gasteiger partial charge in [0, 0.05) is 6.20 Å². The second-order valence-electron chi connectivity index (χ2n) is 3.83. The molecule has 0 amide bonds. The summed E-state index contributed by atoms with van der Waals surface area (Å²) in [6.45, 7) is 0. The second-order valence-corrected chi connectivity index (χ2v) is 3.83. The molecule has 0 bridgehead atoms. The number of hydrogen-bond donors (Lipinski definition) is 1. The Hall–Kier alpha value is -1.27. The zero-order valence-corrected chi connectivity index (χ0v) is 8.06. The van der Waals surface area contributed by atoms with E-state index in [1.54, 1.807) is 6.07 Å². The molecule has 3 nitrogen and oxygen atoms in total. The van der Waals surface area contributed by atoms with Crippen LogP contribution in [0.5, 0.6) is 0 Å². The number of aliphatic hydroxyl groups excluding tert-OH is 1. The van der Waals surface area contributed by atoms with Gasteiger partial charge in [-0.15, -0.1) is 0 Å². The second kappa shape index (κ2) is 3.85. The molecule has 0 radical (unpaired) electrons. The van der Waals surface area contributed by atoms with Crippen LogP contribution in [0.25, 0.3) is 0 Å². The van der Waals surface area contributed by atoms with Gasteiger partial charge in [-0.05, 0) is 25.0 Å². The highest BCUT2D eigenvalue weighted by atomic mass is 16.3. The number of aromatic nitrogens is 1. The number of aliphatic hydroxyl groups is 1. The van der Waals surface area contributed by atoms with Gasteiger partial charge in [-0.3, -0.25) is 0 Å². The van der Waals surface area contributed by atoms with E-state index in [4.69, 9.17) is 5.26 Å². The zero-order chi connectivity index (χ0) is 9.97. The molecule has 1 N–H and O–H groups in total.